The highest BCUT2D eigenvalue weighted by Gasteiger charge is 2.30. The van der Waals surface area contributed by atoms with Crippen molar-refractivity contribution in [3.63, 3.8) is 0 Å². The number of hydrogen-bond acceptors (Lipinski definition) is 1. The third-order valence-electron chi connectivity index (χ3n) is 4.74. The van der Waals surface area contributed by atoms with Gasteiger partial charge < -0.3 is 5.32 Å². The Morgan fingerprint density at radius 2 is 2.10 bits per heavy atom. The fraction of sp³-hybridized carbons (Fsp3) is 0.667. The third-order valence-corrected chi connectivity index (χ3v) is 5.24. The summed E-state index contributed by atoms with van der Waals surface area (Å²) in [6.45, 7) is 5.43. The maximum atomic E-state index is 14.0. The Morgan fingerprint density at radius 1 is 1.29 bits per heavy atom. The second-order valence-corrected chi connectivity index (χ2v) is 7.25. The molecule has 0 heterocycles. The molecule has 0 aromatic heterocycles. The number of nitrogens with one attached hydrogen (secondary N) is 1. The lowest BCUT2D eigenvalue weighted by Crippen LogP contribution is -2.41. The summed E-state index contributed by atoms with van der Waals surface area (Å²) < 4.78 is 15.0. The van der Waals surface area contributed by atoms with Gasteiger partial charge in [0.2, 0.25) is 0 Å². The van der Waals surface area contributed by atoms with Gasteiger partial charge in [0.15, 0.2) is 0 Å². The summed E-state index contributed by atoms with van der Waals surface area (Å²) in [4.78, 5) is 0. The molecule has 3 unspecified atom stereocenters. The molecule has 0 bridgehead atoms. The fourth-order valence-electron chi connectivity index (χ4n) is 3.77. The van der Waals surface area contributed by atoms with E-state index in [9.17, 15) is 4.39 Å². The summed E-state index contributed by atoms with van der Waals surface area (Å²) in [6, 6.07) is 5.85. The summed E-state index contributed by atoms with van der Waals surface area (Å²) in [7, 11) is 0. The molecule has 3 atom stereocenters. The molecule has 21 heavy (non-hydrogen) atoms. The van der Waals surface area contributed by atoms with Gasteiger partial charge in [0.1, 0.15) is 5.82 Å². The minimum atomic E-state index is -0.0638. The van der Waals surface area contributed by atoms with Gasteiger partial charge in [0, 0.05) is 10.5 Å². The van der Waals surface area contributed by atoms with Gasteiger partial charge in [0.25, 0.3) is 0 Å². The number of halogens is 2. The van der Waals surface area contributed by atoms with Crippen molar-refractivity contribution in [3.8, 4) is 0 Å². The minimum absolute atomic E-state index is 0.0638. The molecule has 1 saturated carbocycles. The van der Waals surface area contributed by atoms with Crippen LogP contribution in [0.2, 0.25) is 0 Å². The topological polar surface area (TPSA) is 12.0 Å². The summed E-state index contributed by atoms with van der Waals surface area (Å²) in [5.74, 6) is 1.32. The van der Waals surface area contributed by atoms with Crippen LogP contribution in [0.25, 0.3) is 0 Å². The van der Waals surface area contributed by atoms with Gasteiger partial charge in [-0.1, -0.05) is 42.6 Å². The molecule has 1 aromatic carbocycles. The largest absolute Gasteiger partial charge is 0.314 e. The lowest BCUT2D eigenvalue weighted by Gasteiger charge is -2.37. The Bertz CT molecular complexity index is 449. The van der Waals surface area contributed by atoms with Crippen LogP contribution in [0, 0.1) is 17.7 Å². The van der Waals surface area contributed by atoms with Crippen molar-refractivity contribution in [1.82, 2.24) is 5.32 Å². The molecule has 0 saturated heterocycles. The van der Waals surface area contributed by atoms with Crippen LogP contribution in [-0.2, 0) is 6.42 Å². The summed E-state index contributed by atoms with van der Waals surface area (Å²) in [5.41, 5.74) is 0.856. The van der Waals surface area contributed by atoms with Gasteiger partial charge in [-0.2, -0.15) is 0 Å². The second-order valence-electron chi connectivity index (χ2n) is 6.33. The Labute approximate surface area is 136 Å². The first-order chi connectivity index (χ1) is 10.1. The van der Waals surface area contributed by atoms with Gasteiger partial charge in [-0.3, -0.25) is 0 Å². The van der Waals surface area contributed by atoms with E-state index in [1.807, 2.05) is 6.07 Å². The van der Waals surface area contributed by atoms with Crippen LogP contribution in [0.15, 0.2) is 22.7 Å². The van der Waals surface area contributed by atoms with E-state index < -0.39 is 0 Å². The van der Waals surface area contributed by atoms with Gasteiger partial charge in [-0.25, -0.2) is 4.39 Å². The Hall–Kier alpha value is -0.410. The molecule has 2 rings (SSSR count). The summed E-state index contributed by atoms with van der Waals surface area (Å²) in [6.07, 6.45) is 7.22. The normalized spacial score (nSPS) is 26.0. The smallest absolute Gasteiger partial charge is 0.126 e. The summed E-state index contributed by atoms with van der Waals surface area (Å²) in [5, 5.41) is 3.62. The molecule has 1 fully saturated rings. The lowest BCUT2D eigenvalue weighted by molar-refractivity contribution is 0.194. The zero-order valence-electron chi connectivity index (χ0n) is 13.2. The molecule has 1 aliphatic carbocycles. The first-order valence-corrected chi connectivity index (χ1v) is 9.10. The minimum Gasteiger partial charge on any atom is -0.314 e. The fourth-order valence-corrected chi connectivity index (χ4v) is 4.18. The Kier molecular flexibility index (Phi) is 6.69. The zero-order chi connectivity index (χ0) is 15.2. The monoisotopic (exact) mass is 355 g/mol. The van der Waals surface area contributed by atoms with Crippen LogP contribution >= 0.6 is 15.9 Å². The van der Waals surface area contributed by atoms with Crippen LogP contribution in [0.4, 0.5) is 4.39 Å². The van der Waals surface area contributed by atoms with E-state index in [-0.39, 0.29) is 5.82 Å². The quantitative estimate of drug-likeness (QED) is 0.727. The maximum absolute atomic E-state index is 14.0. The van der Waals surface area contributed by atoms with E-state index in [4.69, 9.17) is 0 Å². The molecule has 3 heteroatoms. The van der Waals surface area contributed by atoms with E-state index in [1.165, 1.54) is 32.1 Å². The Morgan fingerprint density at radius 3 is 2.81 bits per heavy atom. The lowest BCUT2D eigenvalue weighted by atomic mass is 9.74. The molecule has 0 aliphatic heterocycles. The van der Waals surface area contributed by atoms with E-state index in [0.717, 1.165) is 28.9 Å². The first-order valence-electron chi connectivity index (χ1n) is 8.31. The zero-order valence-corrected chi connectivity index (χ0v) is 14.8. The van der Waals surface area contributed by atoms with Gasteiger partial charge >= 0.3 is 0 Å². The maximum Gasteiger partial charge on any atom is 0.126 e. The highest BCUT2D eigenvalue weighted by Crippen LogP contribution is 2.35. The molecule has 0 amide bonds. The average molecular weight is 356 g/mol. The molecular weight excluding hydrogens is 329 g/mol. The molecule has 118 valence electrons. The van der Waals surface area contributed by atoms with Crippen LogP contribution in [0.5, 0.6) is 0 Å². The van der Waals surface area contributed by atoms with Crippen molar-refractivity contribution >= 4 is 15.9 Å². The molecule has 1 aromatic rings. The van der Waals surface area contributed by atoms with E-state index in [0.29, 0.717) is 12.0 Å². The number of benzene rings is 1. The van der Waals surface area contributed by atoms with E-state index in [1.54, 1.807) is 12.1 Å². The predicted octanol–water partition coefficient (Wildman–Crippen LogP) is 5.33. The molecule has 0 radical (unpaired) electrons. The van der Waals surface area contributed by atoms with E-state index >= 15 is 0 Å². The number of hydrogen-bond donors (Lipinski definition) is 1. The standard InChI is InChI=1S/C18H27BrFN/c1-3-5-13-6-9-18(21-4-2)15(10-13)11-14-12-16(19)7-8-17(14)20/h7-8,12-13,15,18,21H,3-6,9-11H2,1-2H3. The van der Waals surface area contributed by atoms with Crippen LogP contribution in [-0.4, -0.2) is 12.6 Å². The third kappa shape index (κ3) is 4.79. The van der Waals surface area contributed by atoms with Crippen molar-refractivity contribution in [2.24, 2.45) is 11.8 Å². The van der Waals surface area contributed by atoms with Gasteiger partial charge in [0.05, 0.1) is 0 Å². The second kappa shape index (κ2) is 8.28. The van der Waals surface area contributed by atoms with Crippen LogP contribution in [0.1, 0.15) is 51.5 Å². The van der Waals surface area contributed by atoms with Crippen molar-refractivity contribution < 1.29 is 4.39 Å². The molecule has 1 N–H and O–H groups in total. The summed E-state index contributed by atoms with van der Waals surface area (Å²) >= 11 is 3.46. The highest BCUT2D eigenvalue weighted by molar-refractivity contribution is 9.10. The van der Waals surface area contributed by atoms with E-state index in [2.05, 4.69) is 35.1 Å². The van der Waals surface area contributed by atoms with Crippen molar-refractivity contribution in [1.29, 1.82) is 0 Å². The number of rotatable bonds is 6. The molecule has 1 aliphatic rings. The average Bonchev–Trinajstić information content (AvgIpc) is 2.46. The van der Waals surface area contributed by atoms with Crippen LogP contribution < -0.4 is 5.32 Å². The molecular formula is C18H27BrFN. The highest BCUT2D eigenvalue weighted by atomic mass is 79.9. The SMILES string of the molecule is CCCC1CCC(NCC)C(Cc2cc(Br)ccc2F)C1. The van der Waals surface area contributed by atoms with Gasteiger partial charge in [-0.15, -0.1) is 0 Å². The van der Waals surface area contributed by atoms with Crippen molar-refractivity contribution in [2.75, 3.05) is 6.54 Å². The Balaban J connectivity index is 2.09. The first kappa shape index (κ1) is 17.0. The van der Waals surface area contributed by atoms with Crippen molar-refractivity contribution in [2.45, 2.75) is 58.4 Å². The van der Waals surface area contributed by atoms with Crippen molar-refractivity contribution in [3.05, 3.63) is 34.1 Å². The predicted molar refractivity (Wildman–Crippen MR) is 91.0 cm³/mol. The molecule has 0 spiro atoms. The van der Waals surface area contributed by atoms with Crippen LogP contribution in [0.3, 0.4) is 0 Å². The van der Waals surface area contributed by atoms with Gasteiger partial charge in [-0.05, 0) is 67.8 Å². The molecule has 1 nitrogen and oxygen atoms in total.